The average Bonchev–Trinajstić information content (AvgIpc) is 2.90. The van der Waals surface area contributed by atoms with Gasteiger partial charge in [-0.1, -0.05) is 24.3 Å². The van der Waals surface area contributed by atoms with Crippen LogP contribution in [0.25, 0.3) is 11.5 Å². The molecule has 21 heavy (non-hydrogen) atoms. The molecule has 0 saturated carbocycles. The number of benzene rings is 1. The van der Waals surface area contributed by atoms with E-state index in [-0.39, 0.29) is 6.61 Å². The summed E-state index contributed by atoms with van der Waals surface area (Å²) >= 11 is 0. The van der Waals surface area contributed by atoms with E-state index in [9.17, 15) is 0 Å². The van der Waals surface area contributed by atoms with Gasteiger partial charge in [0.15, 0.2) is 0 Å². The lowest BCUT2D eigenvalue weighted by Crippen LogP contribution is -2.04. The number of nitrogens with zero attached hydrogens (tertiary/aromatic N) is 5. The summed E-state index contributed by atoms with van der Waals surface area (Å²) in [5.74, 6) is 1.40. The van der Waals surface area contributed by atoms with Gasteiger partial charge in [-0.25, -0.2) is 14.6 Å². The van der Waals surface area contributed by atoms with E-state index in [4.69, 9.17) is 5.11 Å². The first-order chi connectivity index (χ1) is 10.3. The second-order valence-corrected chi connectivity index (χ2v) is 4.71. The van der Waals surface area contributed by atoms with Crippen LogP contribution in [0.4, 0.5) is 0 Å². The highest BCUT2D eigenvalue weighted by atomic mass is 16.3. The van der Waals surface area contributed by atoms with Gasteiger partial charge >= 0.3 is 0 Å². The average molecular weight is 281 g/mol. The Labute approximate surface area is 122 Å². The number of aromatic nitrogens is 5. The summed E-state index contributed by atoms with van der Waals surface area (Å²) in [6, 6.07) is 7.78. The predicted octanol–water partition coefficient (Wildman–Crippen LogP) is 1.58. The molecule has 0 bridgehead atoms. The molecule has 106 valence electrons. The van der Waals surface area contributed by atoms with Gasteiger partial charge in [-0.05, 0) is 18.1 Å². The van der Waals surface area contributed by atoms with Crippen LogP contribution in [0.15, 0.2) is 42.9 Å². The van der Waals surface area contributed by atoms with Gasteiger partial charge < -0.3 is 5.11 Å². The van der Waals surface area contributed by atoms with Crippen molar-refractivity contribution in [3.05, 3.63) is 59.8 Å². The highest BCUT2D eigenvalue weighted by molar-refractivity contribution is 5.46. The van der Waals surface area contributed by atoms with E-state index < -0.39 is 0 Å². The van der Waals surface area contributed by atoms with E-state index in [1.54, 1.807) is 18.6 Å². The van der Waals surface area contributed by atoms with E-state index in [1.165, 1.54) is 0 Å². The van der Waals surface area contributed by atoms with E-state index in [0.717, 1.165) is 17.0 Å². The summed E-state index contributed by atoms with van der Waals surface area (Å²) in [5, 5.41) is 13.5. The van der Waals surface area contributed by atoms with Crippen LogP contribution in [0.3, 0.4) is 0 Å². The van der Waals surface area contributed by atoms with Crippen LogP contribution < -0.4 is 0 Å². The molecule has 0 unspecified atom stereocenters. The minimum Gasteiger partial charge on any atom is -0.392 e. The fraction of sp³-hybridized carbons (Fsp3) is 0.200. The maximum absolute atomic E-state index is 9.05. The molecule has 0 fully saturated rings. The van der Waals surface area contributed by atoms with Crippen molar-refractivity contribution >= 4 is 0 Å². The van der Waals surface area contributed by atoms with Gasteiger partial charge in [0.2, 0.25) is 5.82 Å². The number of aliphatic hydroxyl groups excluding tert-OH is 1. The molecule has 2 aromatic heterocycles. The summed E-state index contributed by atoms with van der Waals surface area (Å²) < 4.78 is 1.83. The van der Waals surface area contributed by atoms with E-state index in [2.05, 4.69) is 20.1 Å². The van der Waals surface area contributed by atoms with Gasteiger partial charge in [0, 0.05) is 12.4 Å². The fourth-order valence-electron chi connectivity index (χ4n) is 2.02. The van der Waals surface area contributed by atoms with Gasteiger partial charge in [0.05, 0.1) is 19.3 Å². The first kappa shape index (κ1) is 13.4. The molecule has 0 atom stereocenters. The van der Waals surface area contributed by atoms with Crippen molar-refractivity contribution in [2.75, 3.05) is 0 Å². The van der Waals surface area contributed by atoms with Crippen molar-refractivity contribution in [3.8, 4) is 11.5 Å². The van der Waals surface area contributed by atoms with Crippen molar-refractivity contribution in [3.63, 3.8) is 0 Å². The molecule has 0 amide bonds. The van der Waals surface area contributed by atoms with Crippen molar-refractivity contribution < 1.29 is 5.11 Å². The van der Waals surface area contributed by atoms with E-state index in [1.807, 2.05) is 35.9 Å². The third kappa shape index (κ3) is 2.95. The summed E-state index contributed by atoms with van der Waals surface area (Å²) in [6.45, 7) is 2.60. The Balaban J connectivity index is 1.84. The quantitative estimate of drug-likeness (QED) is 0.785. The standard InChI is InChI=1S/C15H15N5O/c1-11-18-15(14-8-16-6-7-17-14)19-20(11)9-12-2-4-13(10-21)5-3-12/h2-8,21H,9-10H2,1H3. The smallest absolute Gasteiger partial charge is 0.201 e. The minimum atomic E-state index is 0.0550. The van der Waals surface area contributed by atoms with Gasteiger partial charge in [-0.3, -0.25) is 4.98 Å². The van der Waals surface area contributed by atoms with Crippen LogP contribution in [0, 0.1) is 6.92 Å². The SMILES string of the molecule is Cc1nc(-c2cnccn2)nn1Cc1ccc(CO)cc1. The molecule has 0 aliphatic rings. The van der Waals surface area contributed by atoms with Crippen LogP contribution in [0.5, 0.6) is 0 Å². The Morgan fingerprint density at radius 1 is 1.10 bits per heavy atom. The van der Waals surface area contributed by atoms with Gasteiger partial charge in [-0.2, -0.15) is 0 Å². The Kier molecular flexibility index (Phi) is 3.70. The van der Waals surface area contributed by atoms with E-state index >= 15 is 0 Å². The molecule has 2 heterocycles. The maximum atomic E-state index is 9.05. The van der Waals surface area contributed by atoms with Crippen molar-refractivity contribution in [2.45, 2.75) is 20.1 Å². The van der Waals surface area contributed by atoms with Crippen LogP contribution in [0.2, 0.25) is 0 Å². The molecule has 0 spiro atoms. The van der Waals surface area contributed by atoms with Crippen LogP contribution in [0.1, 0.15) is 17.0 Å². The van der Waals surface area contributed by atoms with Crippen LogP contribution in [-0.2, 0) is 13.2 Å². The molecule has 3 rings (SSSR count). The molecule has 6 heteroatoms. The fourth-order valence-corrected chi connectivity index (χ4v) is 2.02. The number of aliphatic hydroxyl groups is 1. The van der Waals surface area contributed by atoms with Gasteiger partial charge in [-0.15, -0.1) is 5.10 Å². The number of rotatable bonds is 4. The third-order valence-electron chi connectivity index (χ3n) is 3.19. The topological polar surface area (TPSA) is 76.7 Å². The Morgan fingerprint density at radius 3 is 2.52 bits per heavy atom. The van der Waals surface area contributed by atoms with Crippen molar-refractivity contribution in [2.24, 2.45) is 0 Å². The Morgan fingerprint density at radius 2 is 1.86 bits per heavy atom. The van der Waals surface area contributed by atoms with Crippen molar-refractivity contribution in [1.82, 2.24) is 24.7 Å². The van der Waals surface area contributed by atoms with Gasteiger partial charge in [0.25, 0.3) is 0 Å². The monoisotopic (exact) mass is 281 g/mol. The molecule has 0 aliphatic carbocycles. The predicted molar refractivity (Wildman–Crippen MR) is 77.3 cm³/mol. The zero-order valence-electron chi connectivity index (χ0n) is 11.6. The summed E-state index contributed by atoms with van der Waals surface area (Å²) in [5.41, 5.74) is 2.66. The normalized spacial score (nSPS) is 10.8. The second kappa shape index (κ2) is 5.80. The lowest BCUT2D eigenvalue weighted by atomic mass is 10.1. The maximum Gasteiger partial charge on any atom is 0.201 e. The van der Waals surface area contributed by atoms with Crippen molar-refractivity contribution in [1.29, 1.82) is 0 Å². The lowest BCUT2D eigenvalue weighted by Gasteiger charge is -2.04. The van der Waals surface area contributed by atoms with Gasteiger partial charge in [0.1, 0.15) is 11.5 Å². The van der Waals surface area contributed by atoms with Crippen LogP contribution in [-0.4, -0.2) is 29.8 Å². The molecule has 6 nitrogen and oxygen atoms in total. The molecule has 3 aromatic rings. The third-order valence-corrected chi connectivity index (χ3v) is 3.19. The number of hydrogen-bond donors (Lipinski definition) is 1. The first-order valence-corrected chi connectivity index (χ1v) is 6.63. The minimum absolute atomic E-state index is 0.0550. The molecular weight excluding hydrogens is 266 g/mol. The molecule has 0 saturated heterocycles. The molecular formula is C15H15N5O. The molecule has 1 aromatic carbocycles. The van der Waals surface area contributed by atoms with Crippen LogP contribution >= 0.6 is 0 Å². The number of hydrogen-bond acceptors (Lipinski definition) is 5. The Hall–Kier alpha value is -2.60. The zero-order valence-corrected chi connectivity index (χ0v) is 11.6. The summed E-state index contributed by atoms with van der Waals surface area (Å²) in [6.07, 6.45) is 4.89. The summed E-state index contributed by atoms with van der Waals surface area (Å²) in [7, 11) is 0. The molecule has 0 aliphatic heterocycles. The van der Waals surface area contributed by atoms with E-state index in [0.29, 0.717) is 18.1 Å². The lowest BCUT2D eigenvalue weighted by molar-refractivity contribution is 0.282. The zero-order chi connectivity index (χ0) is 14.7. The first-order valence-electron chi connectivity index (χ1n) is 6.63. The highest BCUT2D eigenvalue weighted by Crippen LogP contribution is 2.13. The Bertz CT molecular complexity index is 722. The summed E-state index contributed by atoms with van der Waals surface area (Å²) in [4.78, 5) is 12.7. The largest absolute Gasteiger partial charge is 0.392 e. The molecule has 1 N–H and O–H groups in total. The second-order valence-electron chi connectivity index (χ2n) is 4.71. The highest BCUT2D eigenvalue weighted by Gasteiger charge is 2.09. The number of aryl methyl sites for hydroxylation is 1. The molecule has 0 radical (unpaired) electrons.